The quantitative estimate of drug-likeness (QED) is 0.638. The van der Waals surface area contributed by atoms with Crippen LogP contribution in [0.2, 0.25) is 0 Å². The summed E-state index contributed by atoms with van der Waals surface area (Å²) in [5.41, 5.74) is -2.59. The van der Waals surface area contributed by atoms with Crippen molar-refractivity contribution in [2.75, 3.05) is 19.7 Å². The number of ether oxygens (including phenoxy) is 1. The molecule has 1 aliphatic rings. The molecule has 0 aromatic heterocycles. The van der Waals surface area contributed by atoms with Crippen LogP contribution in [0.3, 0.4) is 0 Å². The largest absolute Gasteiger partial charge is 0.477 e. The van der Waals surface area contributed by atoms with E-state index in [-0.39, 0.29) is 13.2 Å². The minimum Gasteiger partial charge on any atom is -0.477 e. The van der Waals surface area contributed by atoms with Crippen molar-refractivity contribution in [2.45, 2.75) is 6.10 Å². The Kier molecular flexibility index (Phi) is 3.72. The Morgan fingerprint density at radius 1 is 1.16 bits per heavy atom. The SMILES string of the molecule is O=C(O)c1c(F)c(F)c(C2CNCCO2)c(F)c1F. The topological polar surface area (TPSA) is 58.6 Å². The molecule has 8 heteroatoms. The van der Waals surface area contributed by atoms with E-state index >= 15 is 0 Å². The normalized spacial score (nSPS) is 19.5. The predicted octanol–water partition coefficient (Wildman–Crippen LogP) is 1.60. The van der Waals surface area contributed by atoms with Crippen LogP contribution < -0.4 is 5.32 Å². The van der Waals surface area contributed by atoms with Gasteiger partial charge in [-0.05, 0) is 0 Å². The second-order valence-corrected chi connectivity index (χ2v) is 3.91. The maximum absolute atomic E-state index is 13.7. The number of hydrogen-bond acceptors (Lipinski definition) is 3. The van der Waals surface area contributed by atoms with Crippen molar-refractivity contribution in [3.05, 3.63) is 34.4 Å². The highest BCUT2D eigenvalue weighted by Crippen LogP contribution is 2.30. The standard InChI is InChI=1S/C11H9F4NO3/c12-7-5(4-3-16-1-2-19-4)8(13)10(15)6(9(7)14)11(17)18/h4,16H,1-3H2,(H,17,18). The number of halogens is 4. The number of aromatic carboxylic acids is 1. The maximum atomic E-state index is 13.7. The fourth-order valence-corrected chi connectivity index (χ4v) is 1.87. The Morgan fingerprint density at radius 3 is 2.16 bits per heavy atom. The third kappa shape index (κ3) is 2.28. The lowest BCUT2D eigenvalue weighted by Gasteiger charge is -2.25. The molecule has 0 spiro atoms. The van der Waals surface area contributed by atoms with E-state index in [0.717, 1.165) is 0 Å². The van der Waals surface area contributed by atoms with Gasteiger partial charge in [-0.25, -0.2) is 22.4 Å². The fraction of sp³-hybridized carbons (Fsp3) is 0.364. The average Bonchev–Trinajstić information content (AvgIpc) is 2.38. The average molecular weight is 279 g/mol. The Morgan fingerprint density at radius 2 is 1.74 bits per heavy atom. The number of benzene rings is 1. The molecular formula is C11H9F4NO3. The molecule has 1 aliphatic heterocycles. The lowest BCUT2D eigenvalue weighted by atomic mass is 10.0. The van der Waals surface area contributed by atoms with Crippen LogP contribution in [0.25, 0.3) is 0 Å². The highest BCUT2D eigenvalue weighted by atomic mass is 19.2. The Hall–Kier alpha value is -1.67. The van der Waals surface area contributed by atoms with Crippen molar-refractivity contribution < 1.29 is 32.2 Å². The molecule has 2 rings (SSSR count). The van der Waals surface area contributed by atoms with Crippen LogP contribution in [0.15, 0.2) is 0 Å². The summed E-state index contributed by atoms with van der Waals surface area (Å²) in [6, 6.07) is 0. The van der Waals surface area contributed by atoms with Crippen molar-refractivity contribution in [1.82, 2.24) is 5.32 Å². The van der Waals surface area contributed by atoms with Gasteiger partial charge in [0.1, 0.15) is 11.7 Å². The molecule has 0 bridgehead atoms. The van der Waals surface area contributed by atoms with Crippen molar-refractivity contribution in [3.63, 3.8) is 0 Å². The highest BCUT2D eigenvalue weighted by Gasteiger charge is 2.33. The molecule has 1 heterocycles. The third-order valence-corrected chi connectivity index (χ3v) is 2.76. The molecular weight excluding hydrogens is 270 g/mol. The molecule has 1 atom stereocenters. The Bertz CT molecular complexity index is 500. The second-order valence-electron chi connectivity index (χ2n) is 3.91. The molecule has 1 aromatic rings. The summed E-state index contributed by atoms with van der Waals surface area (Å²) in [6.45, 7) is 0.532. The van der Waals surface area contributed by atoms with Crippen molar-refractivity contribution >= 4 is 5.97 Å². The van der Waals surface area contributed by atoms with Gasteiger partial charge < -0.3 is 15.2 Å². The minimum atomic E-state index is -2.08. The minimum absolute atomic E-state index is 0.0286. The summed E-state index contributed by atoms with van der Waals surface area (Å²) in [5.74, 6) is -9.44. The third-order valence-electron chi connectivity index (χ3n) is 2.76. The van der Waals surface area contributed by atoms with Gasteiger partial charge >= 0.3 is 5.97 Å². The molecule has 0 aliphatic carbocycles. The van der Waals surface area contributed by atoms with Crippen LogP contribution >= 0.6 is 0 Å². The molecule has 0 saturated carbocycles. The van der Waals surface area contributed by atoms with E-state index in [0.29, 0.717) is 6.54 Å². The highest BCUT2D eigenvalue weighted by molar-refractivity contribution is 5.88. The second kappa shape index (κ2) is 5.14. The first-order chi connectivity index (χ1) is 8.95. The molecule has 0 amide bonds. The van der Waals surface area contributed by atoms with Gasteiger partial charge in [0.2, 0.25) is 0 Å². The zero-order valence-corrected chi connectivity index (χ0v) is 9.47. The Labute approximate surface area is 105 Å². The van der Waals surface area contributed by atoms with Crippen LogP contribution in [0, 0.1) is 23.3 Å². The van der Waals surface area contributed by atoms with E-state index in [1.807, 2.05) is 0 Å². The molecule has 0 radical (unpaired) electrons. The van der Waals surface area contributed by atoms with E-state index in [4.69, 9.17) is 9.84 Å². The van der Waals surface area contributed by atoms with E-state index in [1.165, 1.54) is 0 Å². The zero-order chi connectivity index (χ0) is 14.2. The molecule has 4 nitrogen and oxygen atoms in total. The summed E-state index contributed by atoms with van der Waals surface area (Å²) in [6.07, 6.45) is -1.21. The van der Waals surface area contributed by atoms with Crippen LogP contribution in [0.1, 0.15) is 22.0 Å². The molecule has 1 fully saturated rings. The van der Waals surface area contributed by atoms with Gasteiger partial charge in [-0.3, -0.25) is 0 Å². The summed E-state index contributed by atoms with van der Waals surface area (Å²) in [5, 5.41) is 11.3. The van der Waals surface area contributed by atoms with Crippen molar-refractivity contribution in [3.8, 4) is 0 Å². The van der Waals surface area contributed by atoms with E-state index in [2.05, 4.69) is 5.32 Å². The van der Waals surface area contributed by atoms with Crippen LogP contribution in [0.4, 0.5) is 17.6 Å². The molecule has 104 valence electrons. The first kappa shape index (κ1) is 13.8. The molecule has 1 aromatic carbocycles. The number of carbonyl (C=O) groups is 1. The maximum Gasteiger partial charge on any atom is 0.341 e. The van der Waals surface area contributed by atoms with E-state index in [9.17, 15) is 22.4 Å². The smallest absolute Gasteiger partial charge is 0.341 e. The van der Waals surface area contributed by atoms with Crippen LogP contribution in [0.5, 0.6) is 0 Å². The molecule has 19 heavy (non-hydrogen) atoms. The van der Waals surface area contributed by atoms with Gasteiger partial charge in [0.25, 0.3) is 0 Å². The predicted molar refractivity (Wildman–Crippen MR) is 54.8 cm³/mol. The molecule has 1 unspecified atom stereocenters. The summed E-state index contributed by atoms with van der Waals surface area (Å²) in [7, 11) is 0. The molecule has 2 N–H and O–H groups in total. The van der Waals surface area contributed by atoms with E-state index in [1.54, 1.807) is 0 Å². The van der Waals surface area contributed by atoms with Crippen LogP contribution in [-0.2, 0) is 4.74 Å². The first-order valence-corrected chi connectivity index (χ1v) is 5.36. The van der Waals surface area contributed by atoms with Crippen molar-refractivity contribution in [2.24, 2.45) is 0 Å². The monoisotopic (exact) mass is 279 g/mol. The number of morpholine rings is 1. The number of hydrogen-bond donors (Lipinski definition) is 2. The Balaban J connectivity index is 2.59. The van der Waals surface area contributed by atoms with Gasteiger partial charge in [0, 0.05) is 13.1 Å². The van der Waals surface area contributed by atoms with Crippen LogP contribution in [-0.4, -0.2) is 30.8 Å². The number of nitrogens with one attached hydrogen (secondary N) is 1. The van der Waals surface area contributed by atoms with Gasteiger partial charge in [-0.1, -0.05) is 0 Å². The summed E-state index contributed by atoms with van der Waals surface area (Å²) in [4.78, 5) is 10.6. The number of rotatable bonds is 2. The van der Waals surface area contributed by atoms with Gasteiger partial charge in [-0.15, -0.1) is 0 Å². The van der Waals surface area contributed by atoms with Gasteiger partial charge in [-0.2, -0.15) is 0 Å². The first-order valence-electron chi connectivity index (χ1n) is 5.36. The van der Waals surface area contributed by atoms with Gasteiger partial charge in [0.15, 0.2) is 23.3 Å². The fourth-order valence-electron chi connectivity index (χ4n) is 1.87. The zero-order valence-electron chi connectivity index (χ0n) is 9.47. The summed E-state index contributed by atoms with van der Waals surface area (Å²) < 4.78 is 59.3. The van der Waals surface area contributed by atoms with Crippen molar-refractivity contribution in [1.29, 1.82) is 0 Å². The number of carboxylic acid groups (broad SMARTS) is 1. The molecule has 1 saturated heterocycles. The van der Waals surface area contributed by atoms with Gasteiger partial charge in [0.05, 0.1) is 12.2 Å². The van der Waals surface area contributed by atoms with E-state index < -0.39 is 46.5 Å². The lowest BCUT2D eigenvalue weighted by Crippen LogP contribution is -2.34. The lowest BCUT2D eigenvalue weighted by molar-refractivity contribution is 0.0221. The summed E-state index contributed by atoms with van der Waals surface area (Å²) >= 11 is 0. The number of carboxylic acids is 1.